The topological polar surface area (TPSA) is 86.8 Å². The van der Waals surface area contributed by atoms with Crippen LogP contribution in [0.5, 0.6) is 11.5 Å². The number of phenols is 2. The van der Waals surface area contributed by atoms with Gasteiger partial charge in [-0.25, -0.2) is 0 Å². The van der Waals surface area contributed by atoms with Gasteiger partial charge in [0, 0.05) is 19.1 Å². The van der Waals surface area contributed by atoms with Crippen molar-refractivity contribution in [2.75, 3.05) is 13.1 Å². The molecule has 1 saturated heterocycles. The van der Waals surface area contributed by atoms with Crippen molar-refractivity contribution in [1.82, 2.24) is 4.90 Å². The van der Waals surface area contributed by atoms with Gasteiger partial charge in [0.05, 0.1) is 0 Å². The minimum Gasteiger partial charge on any atom is -0.507 e. The highest BCUT2D eigenvalue weighted by molar-refractivity contribution is 5.99. The fourth-order valence-corrected chi connectivity index (χ4v) is 1.88. The molecule has 1 aliphatic heterocycles. The Morgan fingerprint density at radius 3 is 2.50 bits per heavy atom. The van der Waals surface area contributed by atoms with E-state index < -0.39 is 0 Å². The fourth-order valence-electron chi connectivity index (χ4n) is 1.88. The maximum absolute atomic E-state index is 12.0. The molecule has 5 nitrogen and oxygen atoms in total. The Kier molecular flexibility index (Phi) is 2.70. The van der Waals surface area contributed by atoms with E-state index in [2.05, 4.69) is 0 Å². The maximum atomic E-state index is 12.0. The molecule has 86 valence electrons. The Bertz CT molecular complexity index is 399. The third kappa shape index (κ3) is 1.81. The molecular formula is C11H14N2O3. The molecule has 0 radical (unpaired) electrons. The molecule has 1 atom stereocenters. The molecule has 0 aromatic heterocycles. The number of carbonyl (C=O) groups excluding carboxylic acids is 1. The van der Waals surface area contributed by atoms with Gasteiger partial charge < -0.3 is 20.8 Å². The number of hydrogen-bond donors (Lipinski definition) is 3. The minimum atomic E-state index is -0.372. The Labute approximate surface area is 93.1 Å². The largest absolute Gasteiger partial charge is 0.507 e. The zero-order chi connectivity index (χ0) is 11.7. The van der Waals surface area contributed by atoms with Crippen molar-refractivity contribution in [2.24, 2.45) is 5.73 Å². The zero-order valence-electron chi connectivity index (χ0n) is 8.76. The van der Waals surface area contributed by atoms with E-state index in [4.69, 9.17) is 5.73 Å². The Hall–Kier alpha value is -1.75. The number of nitrogens with zero attached hydrogens (tertiary/aromatic N) is 1. The summed E-state index contributed by atoms with van der Waals surface area (Å²) >= 11 is 0. The number of hydrogen-bond acceptors (Lipinski definition) is 4. The summed E-state index contributed by atoms with van der Waals surface area (Å²) in [5.74, 6) is -0.778. The Morgan fingerprint density at radius 2 is 2.00 bits per heavy atom. The van der Waals surface area contributed by atoms with Crippen LogP contribution in [0.4, 0.5) is 0 Å². The van der Waals surface area contributed by atoms with Crippen LogP contribution in [0.15, 0.2) is 18.2 Å². The van der Waals surface area contributed by atoms with Crippen LogP contribution in [0.1, 0.15) is 16.8 Å². The lowest BCUT2D eigenvalue weighted by atomic mass is 10.1. The second-order valence-corrected chi connectivity index (χ2v) is 3.97. The van der Waals surface area contributed by atoms with E-state index in [1.807, 2.05) is 0 Å². The smallest absolute Gasteiger partial charge is 0.261 e. The predicted octanol–water partition coefficient (Wildman–Crippen LogP) is 0.271. The van der Waals surface area contributed by atoms with Crippen molar-refractivity contribution in [3.05, 3.63) is 23.8 Å². The highest BCUT2D eigenvalue weighted by Gasteiger charge is 2.27. The van der Waals surface area contributed by atoms with Gasteiger partial charge in [-0.1, -0.05) is 6.07 Å². The van der Waals surface area contributed by atoms with Gasteiger partial charge in [0.15, 0.2) is 0 Å². The first-order valence-corrected chi connectivity index (χ1v) is 5.15. The van der Waals surface area contributed by atoms with Crippen LogP contribution in [0.2, 0.25) is 0 Å². The average Bonchev–Trinajstić information content (AvgIpc) is 2.64. The molecule has 1 amide bonds. The third-order valence-electron chi connectivity index (χ3n) is 2.75. The molecule has 1 aliphatic rings. The molecule has 1 aromatic rings. The SMILES string of the molecule is NC1CCN(C(=O)c2c(O)cccc2O)C1. The summed E-state index contributed by atoms with van der Waals surface area (Å²) in [5, 5.41) is 19.1. The molecule has 1 aromatic carbocycles. The molecule has 1 heterocycles. The van der Waals surface area contributed by atoms with Crippen molar-refractivity contribution in [3.8, 4) is 11.5 Å². The van der Waals surface area contributed by atoms with E-state index in [0.717, 1.165) is 6.42 Å². The van der Waals surface area contributed by atoms with Crippen LogP contribution in [0.3, 0.4) is 0 Å². The highest BCUT2D eigenvalue weighted by Crippen LogP contribution is 2.28. The van der Waals surface area contributed by atoms with Crippen molar-refractivity contribution in [1.29, 1.82) is 0 Å². The molecule has 4 N–H and O–H groups in total. The van der Waals surface area contributed by atoms with Gasteiger partial charge in [-0.2, -0.15) is 0 Å². The van der Waals surface area contributed by atoms with Crippen LogP contribution in [0.25, 0.3) is 0 Å². The van der Waals surface area contributed by atoms with Crippen molar-refractivity contribution >= 4 is 5.91 Å². The number of benzene rings is 1. The molecule has 2 rings (SSSR count). The maximum Gasteiger partial charge on any atom is 0.261 e. The number of rotatable bonds is 1. The first kappa shape index (κ1) is 10.8. The summed E-state index contributed by atoms with van der Waals surface area (Å²) in [5.41, 5.74) is 5.65. The number of likely N-dealkylation sites (tertiary alicyclic amines) is 1. The number of aromatic hydroxyl groups is 2. The monoisotopic (exact) mass is 222 g/mol. The lowest BCUT2D eigenvalue weighted by molar-refractivity contribution is 0.0784. The van der Waals surface area contributed by atoms with Crippen molar-refractivity contribution in [3.63, 3.8) is 0 Å². The Balaban J connectivity index is 2.27. The molecule has 0 bridgehead atoms. The summed E-state index contributed by atoms with van der Waals surface area (Å²) in [4.78, 5) is 13.5. The van der Waals surface area contributed by atoms with Gasteiger partial charge >= 0.3 is 0 Å². The van der Waals surface area contributed by atoms with Crippen LogP contribution in [-0.2, 0) is 0 Å². The minimum absolute atomic E-state index is 0.0167. The molecule has 0 aliphatic carbocycles. The number of nitrogens with two attached hydrogens (primary N) is 1. The fraction of sp³-hybridized carbons (Fsp3) is 0.364. The molecule has 1 fully saturated rings. The highest BCUT2D eigenvalue weighted by atomic mass is 16.3. The number of carbonyl (C=O) groups is 1. The molecule has 16 heavy (non-hydrogen) atoms. The zero-order valence-corrected chi connectivity index (χ0v) is 8.76. The van der Waals surface area contributed by atoms with E-state index in [9.17, 15) is 15.0 Å². The lowest BCUT2D eigenvalue weighted by Gasteiger charge is -2.17. The van der Waals surface area contributed by atoms with Crippen LogP contribution in [0, 0.1) is 0 Å². The van der Waals surface area contributed by atoms with E-state index >= 15 is 0 Å². The normalized spacial score (nSPS) is 20.1. The quantitative estimate of drug-likeness (QED) is 0.636. The van der Waals surface area contributed by atoms with Gasteiger partial charge in [0.25, 0.3) is 5.91 Å². The molecular weight excluding hydrogens is 208 g/mol. The number of phenolic OH excluding ortho intramolecular Hbond substituents is 2. The van der Waals surface area contributed by atoms with Crippen molar-refractivity contribution < 1.29 is 15.0 Å². The van der Waals surface area contributed by atoms with E-state index in [0.29, 0.717) is 13.1 Å². The molecule has 0 saturated carbocycles. The third-order valence-corrected chi connectivity index (χ3v) is 2.75. The summed E-state index contributed by atoms with van der Waals surface area (Å²) in [6, 6.07) is 4.22. The van der Waals surface area contributed by atoms with Gasteiger partial charge in [-0.3, -0.25) is 4.79 Å². The second kappa shape index (κ2) is 4.02. The van der Waals surface area contributed by atoms with Gasteiger partial charge in [0.2, 0.25) is 0 Å². The standard InChI is InChI=1S/C11H14N2O3/c12-7-4-5-13(6-7)11(16)10-8(14)2-1-3-9(10)15/h1-3,7,14-15H,4-6,12H2. The van der Waals surface area contributed by atoms with Gasteiger partial charge in [0.1, 0.15) is 17.1 Å². The van der Waals surface area contributed by atoms with Crippen LogP contribution >= 0.6 is 0 Å². The summed E-state index contributed by atoms with van der Waals surface area (Å²) in [6.07, 6.45) is 0.750. The first-order valence-electron chi connectivity index (χ1n) is 5.15. The first-order chi connectivity index (χ1) is 7.59. The molecule has 1 unspecified atom stereocenters. The summed E-state index contributed by atoms with van der Waals surface area (Å²) in [6.45, 7) is 1.03. The van der Waals surface area contributed by atoms with E-state index in [1.54, 1.807) is 4.90 Å². The number of amides is 1. The molecule has 5 heteroatoms. The average molecular weight is 222 g/mol. The predicted molar refractivity (Wildman–Crippen MR) is 58.3 cm³/mol. The second-order valence-electron chi connectivity index (χ2n) is 3.97. The summed E-state index contributed by atoms with van der Waals surface area (Å²) in [7, 11) is 0. The Morgan fingerprint density at radius 1 is 1.38 bits per heavy atom. The van der Waals surface area contributed by atoms with E-state index in [1.165, 1.54) is 18.2 Å². The van der Waals surface area contributed by atoms with Gasteiger partial charge in [-0.15, -0.1) is 0 Å². The van der Waals surface area contributed by atoms with Gasteiger partial charge in [-0.05, 0) is 18.6 Å². The lowest BCUT2D eigenvalue weighted by Crippen LogP contribution is -2.31. The van der Waals surface area contributed by atoms with Crippen molar-refractivity contribution in [2.45, 2.75) is 12.5 Å². The van der Waals surface area contributed by atoms with Crippen LogP contribution in [-0.4, -0.2) is 40.2 Å². The van der Waals surface area contributed by atoms with Crippen LogP contribution < -0.4 is 5.73 Å². The summed E-state index contributed by atoms with van der Waals surface area (Å²) < 4.78 is 0. The molecule has 0 spiro atoms. The van der Waals surface area contributed by atoms with E-state index in [-0.39, 0.29) is 29.0 Å².